The van der Waals surface area contributed by atoms with E-state index in [1.807, 2.05) is 6.92 Å². The van der Waals surface area contributed by atoms with E-state index in [0.717, 1.165) is 0 Å². The summed E-state index contributed by atoms with van der Waals surface area (Å²) < 4.78 is 5.11. The molecule has 0 saturated carbocycles. The zero-order chi connectivity index (χ0) is 14.0. The minimum Gasteiger partial charge on any atom is -1.00 e. The van der Waals surface area contributed by atoms with Crippen molar-refractivity contribution >= 4 is 11.8 Å². The second kappa shape index (κ2) is 9.61. The SMILES string of the molecule is CCC(=O)[NH][Zr+2]([C]1=C(C)C(C)=C(C)C1C)[SiH](C)C.[Cl-].[Cl-]. The predicted molar refractivity (Wildman–Crippen MR) is 77.5 cm³/mol. The maximum atomic E-state index is 11.8. The van der Waals surface area contributed by atoms with Gasteiger partial charge in [0.05, 0.1) is 0 Å². The minimum absolute atomic E-state index is 0. The third-order valence-electron chi connectivity index (χ3n) is 4.10. The molecule has 0 spiro atoms. The van der Waals surface area contributed by atoms with Gasteiger partial charge < -0.3 is 24.8 Å². The molecule has 0 bridgehead atoms. The van der Waals surface area contributed by atoms with Crippen molar-refractivity contribution in [2.75, 3.05) is 0 Å². The molecule has 1 aliphatic carbocycles. The predicted octanol–water partition coefficient (Wildman–Crippen LogP) is -2.70. The van der Waals surface area contributed by atoms with Crippen molar-refractivity contribution in [2.45, 2.75) is 54.1 Å². The number of nitrogens with one attached hydrogen (secondary N) is 1. The molecule has 0 aliphatic heterocycles. The third-order valence-corrected chi connectivity index (χ3v) is 21.2. The van der Waals surface area contributed by atoms with Crippen LogP contribution in [0.2, 0.25) is 13.1 Å². The molecule has 0 saturated heterocycles. The number of halogens is 2. The van der Waals surface area contributed by atoms with Gasteiger partial charge in [0.2, 0.25) is 0 Å². The van der Waals surface area contributed by atoms with E-state index in [4.69, 9.17) is 0 Å². The summed E-state index contributed by atoms with van der Waals surface area (Å²) in [7, 11) is 0. The Kier molecular flexibility index (Phi) is 11.0. The molecule has 2 nitrogen and oxygen atoms in total. The Balaban J connectivity index is 0. The molecule has 1 unspecified atom stereocenters. The molecule has 20 heavy (non-hydrogen) atoms. The van der Waals surface area contributed by atoms with Crippen molar-refractivity contribution in [3.8, 4) is 0 Å². The average molecular weight is 415 g/mol. The average Bonchev–Trinajstić information content (AvgIpc) is 2.51. The van der Waals surface area contributed by atoms with E-state index in [1.165, 1.54) is 16.7 Å². The van der Waals surface area contributed by atoms with Crippen molar-refractivity contribution in [3.05, 3.63) is 20.0 Å². The summed E-state index contributed by atoms with van der Waals surface area (Å²) in [6, 6.07) is 0. The Labute approximate surface area is 145 Å². The van der Waals surface area contributed by atoms with Gasteiger partial charge in [-0.25, -0.2) is 0 Å². The molecule has 1 atom stereocenters. The second-order valence-corrected chi connectivity index (χ2v) is 23.8. The van der Waals surface area contributed by atoms with Crippen LogP contribution >= 0.6 is 0 Å². The molecule has 115 valence electrons. The first kappa shape index (κ1) is 22.9. The first-order valence-corrected chi connectivity index (χ1v) is 16.5. The number of hydrogen-bond acceptors (Lipinski definition) is 1. The van der Waals surface area contributed by atoms with E-state index < -0.39 is 27.1 Å². The molecular weight excluding hydrogens is 388 g/mol. The molecule has 1 aliphatic rings. The Morgan fingerprint density at radius 1 is 1.20 bits per heavy atom. The Hall–Kier alpha value is 0.630. The fraction of sp³-hybridized carbons (Fsp3) is 0.643. The summed E-state index contributed by atoms with van der Waals surface area (Å²) in [5.41, 5.74) is 4.48. The fourth-order valence-corrected chi connectivity index (χ4v) is 18.5. The van der Waals surface area contributed by atoms with E-state index >= 15 is 0 Å². The van der Waals surface area contributed by atoms with Gasteiger partial charge in [0.15, 0.2) is 0 Å². The Bertz CT molecular complexity index is 421. The summed E-state index contributed by atoms with van der Waals surface area (Å²) in [5, 5.41) is 0. The Morgan fingerprint density at radius 2 is 1.70 bits per heavy atom. The van der Waals surface area contributed by atoms with Crippen molar-refractivity contribution in [1.82, 2.24) is 3.26 Å². The standard InChI is InChI=1S/C9H13.C3H7NO.C2H7Si.2ClH.Zr/c1-6-5-7(2)9(4)8(6)3;1-2-3(4)5;1-3-2;;;/h6H,1-4H3;2H2,1H3,(H2,4,5);3H,1-2H3;2*1H;/q;;;;;+3/p-3. The van der Waals surface area contributed by atoms with Gasteiger partial charge in [-0.05, 0) is 0 Å². The smallest absolute Gasteiger partial charge is 1.00 e. The second-order valence-electron chi connectivity index (χ2n) is 5.54. The number of carbonyl (C=O) groups is 1. The quantitative estimate of drug-likeness (QED) is 0.499. The topological polar surface area (TPSA) is 29.1 Å². The summed E-state index contributed by atoms with van der Waals surface area (Å²) in [6.45, 7) is 15.8. The van der Waals surface area contributed by atoms with E-state index in [-0.39, 0.29) is 30.7 Å². The van der Waals surface area contributed by atoms with Gasteiger partial charge in [-0.15, -0.1) is 0 Å². The summed E-state index contributed by atoms with van der Waals surface area (Å²) in [4.78, 5) is 11.8. The molecule has 0 heterocycles. The van der Waals surface area contributed by atoms with Crippen LogP contribution in [-0.4, -0.2) is 11.8 Å². The van der Waals surface area contributed by atoms with Crippen LogP contribution in [0, 0.1) is 5.92 Å². The van der Waals surface area contributed by atoms with Crippen molar-refractivity contribution in [2.24, 2.45) is 5.92 Å². The van der Waals surface area contributed by atoms with Gasteiger partial charge in [-0.1, -0.05) is 0 Å². The molecular formula is C14H26Cl2NOSiZr. The van der Waals surface area contributed by atoms with Crippen LogP contribution in [0.3, 0.4) is 0 Å². The number of hydrogen-bond donors (Lipinski definition) is 1. The summed E-state index contributed by atoms with van der Waals surface area (Å²) >= 11 is -1.90. The van der Waals surface area contributed by atoms with Gasteiger partial charge in [-0.2, -0.15) is 0 Å². The number of amides is 1. The molecule has 0 radical (unpaired) electrons. The normalized spacial score (nSPS) is 17.9. The number of rotatable bonds is 4. The molecule has 1 N–H and O–H groups in total. The summed E-state index contributed by atoms with van der Waals surface area (Å²) in [6.07, 6.45) is 0.622. The van der Waals surface area contributed by atoms with Crippen LogP contribution < -0.4 is 28.1 Å². The first-order valence-electron chi connectivity index (χ1n) is 6.86. The molecule has 1 amide bonds. The van der Waals surface area contributed by atoms with E-state index in [9.17, 15) is 4.79 Å². The molecule has 0 aromatic heterocycles. The first-order chi connectivity index (χ1) is 8.31. The fourth-order valence-electron chi connectivity index (χ4n) is 2.56. The van der Waals surface area contributed by atoms with E-state index in [0.29, 0.717) is 12.3 Å². The van der Waals surface area contributed by atoms with Gasteiger partial charge in [0.25, 0.3) is 0 Å². The van der Waals surface area contributed by atoms with E-state index in [1.54, 1.807) is 3.28 Å². The zero-order valence-corrected chi connectivity index (χ0v) is 18.7. The van der Waals surface area contributed by atoms with Crippen molar-refractivity contribution < 1.29 is 50.8 Å². The van der Waals surface area contributed by atoms with E-state index in [2.05, 4.69) is 44.0 Å². The van der Waals surface area contributed by atoms with Crippen LogP contribution in [-0.2, 0) is 26.0 Å². The number of allylic oxidation sites excluding steroid dienone is 4. The van der Waals surface area contributed by atoms with Crippen LogP contribution in [0.5, 0.6) is 0 Å². The molecule has 1 rings (SSSR count). The maximum absolute atomic E-state index is 11.8. The van der Waals surface area contributed by atoms with Crippen molar-refractivity contribution in [3.63, 3.8) is 0 Å². The van der Waals surface area contributed by atoms with Gasteiger partial charge in [-0.3, -0.25) is 0 Å². The van der Waals surface area contributed by atoms with Crippen molar-refractivity contribution in [1.29, 1.82) is 0 Å². The van der Waals surface area contributed by atoms with Crippen LogP contribution in [0.4, 0.5) is 0 Å². The zero-order valence-electron chi connectivity index (χ0n) is 13.5. The maximum Gasteiger partial charge on any atom is -1.00 e. The molecule has 0 aromatic rings. The van der Waals surface area contributed by atoms with Gasteiger partial charge in [0.1, 0.15) is 0 Å². The summed E-state index contributed by atoms with van der Waals surface area (Å²) in [5.74, 6) is 0.0796. The molecule has 0 fully saturated rings. The third kappa shape index (κ3) is 4.83. The minimum atomic E-state index is -1.90. The monoisotopic (exact) mass is 412 g/mol. The molecule has 0 aromatic carbocycles. The largest absolute Gasteiger partial charge is 1.00 e. The van der Waals surface area contributed by atoms with Crippen LogP contribution in [0.15, 0.2) is 20.0 Å². The van der Waals surface area contributed by atoms with Gasteiger partial charge >= 0.3 is 121 Å². The Morgan fingerprint density at radius 3 is 2.00 bits per heavy atom. The van der Waals surface area contributed by atoms with Crippen LogP contribution in [0.25, 0.3) is 0 Å². The van der Waals surface area contributed by atoms with Crippen LogP contribution in [0.1, 0.15) is 41.0 Å². The number of carbonyl (C=O) groups excluding carboxylic acids is 1. The molecule has 6 heteroatoms. The van der Waals surface area contributed by atoms with Gasteiger partial charge in [0, 0.05) is 0 Å².